The predicted octanol–water partition coefficient (Wildman–Crippen LogP) is 5.54. The number of hydrogen-bond donors (Lipinski definition) is 2. The van der Waals surface area contributed by atoms with Gasteiger partial charge in [-0.15, -0.1) is 0 Å². The first-order valence-corrected chi connectivity index (χ1v) is 12.1. The average molecular weight is 481 g/mol. The van der Waals surface area contributed by atoms with Gasteiger partial charge in [0.2, 0.25) is 0 Å². The third-order valence-corrected chi connectivity index (χ3v) is 6.67. The number of Topliss-reactive ketones (excluding diaryl/α,β-unsaturated/α-hetero) is 1. The number of aliphatic hydroxyl groups is 1. The Morgan fingerprint density at radius 1 is 1.00 bits per heavy atom. The Hall–Kier alpha value is -4.32. The van der Waals surface area contributed by atoms with Crippen molar-refractivity contribution < 1.29 is 19.4 Å². The van der Waals surface area contributed by atoms with E-state index in [1.807, 2.05) is 68.6 Å². The molecule has 6 nitrogen and oxygen atoms in total. The maximum absolute atomic E-state index is 13.3. The summed E-state index contributed by atoms with van der Waals surface area (Å²) in [6, 6.07) is 21.9. The molecule has 36 heavy (non-hydrogen) atoms. The van der Waals surface area contributed by atoms with E-state index in [9.17, 15) is 14.7 Å². The number of benzene rings is 3. The molecule has 1 unspecified atom stereocenters. The number of rotatable bonds is 7. The first kappa shape index (κ1) is 23.4. The standard InChI is InChI=1S/C30H28N2O4/c1-3-36-23-14-12-21(13-15-23)28(33)26-27(20-10-8-19(2)9-11-20)32(30(35)29(26)34)17-16-22-18-31-25-7-5-4-6-24(22)25/h4-15,18,27,31,33H,3,16-17H2,1-2H3/b28-26+. The monoisotopic (exact) mass is 480 g/mol. The first-order chi connectivity index (χ1) is 17.5. The lowest BCUT2D eigenvalue weighted by atomic mass is 9.94. The molecule has 1 aromatic heterocycles. The van der Waals surface area contributed by atoms with Crippen LogP contribution in [0, 0.1) is 6.92 Å². The molecule has 6 heteroatoms. The molecule has 0 radical (unpaired) electrons. The van der Waals surface area contributed by atoms with Crippen LogP contribution in [-0.4, -0.2) is 39.8 Å². The number of ether oxygens (including phenoxy) is 1. The van der Waals surface area contributed by atoms with Crippen LogP contribution in [0.2, 0.25) is 0 Å². The van der Waals surface area contributed by atoms with Crippen molar-refractivity contribution in [2.75, 3.05) is 13.2 Å². The predicted molar refractivity (Wildman–Crippen MR) is 140 cm³/mol. The summed E-state index contributed by atoms with van der Waals surface area (Å²) in [5.74, 6) is -0.793. The number of nitrogens with one attached hydrogen (secondary N) is 1. The molecule has 0 spiro atoms. The Bertz CT molecular complexity index is 1450. The number of carbonyl (C=O) groups is 2. The van der Waals surface area contributed by atoms with Crippen molar-refractivity contribution >= 4 is 28.4 Å². The van der Waals surface area contributed by atoms with Gasteiger partial charge in [-0.1, -0.05) is 48.0 Å². The zero-order valence-corrected chi connectivity index (χ0v) is 20.3. The zero-order valence-electron chi connectivity index (χ0n) is 20.3. The molecule has 4 aromatic rings. The Kier molecular flexibility index (Phi) is 6.34. The van der Waals surface area contributed by atoms with E-state index in [1.54, 1.807) is 29.2 Å². The van der Waals surface area contributed by atoms with Gasteiger partial charge in [-0.25, -0.2) is 0 Å². The van der Waals surface area contributed by atoms with E-state index in [4.69, 9.17) is 4.74 Å². The van der Waals surface area contributed by atoms with Gasteiger partial charge in [0.05, 0.1) is 18.2 Å². The van der Waals surface area contributed by atoms with Gasteiger partial charge in [-0.3, -0.25) is 9.59 Å². The maximum atomic E-state index is 13.3. The van der Waals surface area contributed by atoms with Crippen LogP contribution in [0.15, 0.2) is 84.6 Å². The lowest BCUT2D eigenvalue weighted by molar-refractivity contribution is -0.139. The highest BCUT2D eigenvalue weighted by atomic mass is 16.5. The summed E-state index contributed by atoms with van der Waals surface area (Å²) in [5.41, 5.74) is 4.52. The quantitative estimate of drug-likeness (QED) is 0.207. The van der Waals surface area contributed by atoms with Crippen molar-refractivity contribution in [1.82, 2.24) is 9.88 Å². The van der Waals surface area contributed by atoms with Crippen molar-refractivity contribution in [3.05, 3.63) is 107 Å². The highest BCUT2D eigenvalue weighted by Crippen LogP contribution is 2.40. The number of ketones is 1. The van der Waals surface area contributed by atoms with Gasteiger partial charge >= 0.3 is 0 Å². The van der Waals surface area contributed by atoms with E-state index in [0.717, 1.165) is 27.6 Å². The molecule has 1 amide bonds. The number of likely N-dealkylation sites (tertiary alicyclic amines) is 1. The van der Waals surface area contributed by atoms with E-state index in [2.05, 4.69) is 4.98 Å². The number of aromatic amines is 1. The van der Waals surface area contributed by atoms with Gasteiger partial charge in [0.25, 0.3) is 11.7 Å². The molecule has 0 saturated carbocycles. The molecule has 0 bridgehead atoms. The molecule has 182 valence electrons. The summed E-state index contributed by atoms with van der Waals surface area (Å²) in [6.07, 6.45) is 2.52. The minimum atomic E-state index is -0.678. The molecular weight excluding hydrogens is 452 g/mol. The summed E-state index contributed by atoms with van der Waals surface area (Å²) in [7, 11) is 0. The third kappa shape index (κ3) is 4.26. The van der Waals surface area contributed by atoms with Crippen molar-refractivity contribution in [3.8, 4) is 5.75 Å². The number of aromatic nitrogens is 1. The molecule has 5 rings (SSSR count). The van der Waals surface area contributed by atoms with E-state index >= 15 is 0 Å². The van der Waals surface area contributed by atoms with Gasteiger partial charge in [0.15, 0.2) is 0 Å². The summed E-state index contributed by atoms with van der Waals surface area (Å²) < 4.78 is 5.49. The van der Waals surface area contributed by atoms with Crippen LogP contribution in [-0.2, 0) is 16.0 Å². The van der Waals surface area contributed by atoms with Gasteiger partial charge in [-0.2, -0.15) is 0 Å². The third-order valence-electron chi connectivity index (χ3n) is 6.67. The van der Waals surface area contributed by atoms with E-state index in [1.165, 1.54) is 0 Å². The largest absolute Gasteiger partial charge is 0.507 e. The van der Waals surface area contributed by atoms with E-state index < -0.39 is 17.7 Å². The number of carbonyl (C=O) groups excluding carboxylic acids is 2. The second kappa shape index (κ2) is 9.74. The molecule has 1 fully saturated rings. The Morgan fingerprint density at radius 3 is 2.44 bits per heavy atom. The van der Waals surface area contributed by atoms with Crippen LogP contribution < -0.4 is 4.74 Å². The fourth-order valence-electron chi connectivity index (χ4n) is 4.82. The molecule has 2 heterocycles. The lowest BCUT2D eigenvalue weighted by Gasteiger charge is -2.25. The molecule has 1 aliphatic rings. The number of nitrogens with zero attached hydrogens (tertiary/aromatic N) is 1. The minimum absolute atomic E-state index is 0.104. The second-order valence-electron chi connectivity index (χ2n) is 8.97. The number of aliphatic hydroxyl groups excluding tert-OH is 1. The Morgan fingerprint density at radius 2 is 1.72 bits per heavy atom. The number of aryl methyl sites for hydroxylation is 1. The molecule has 2 N–H and O–H groups in total. The van der Waals surface area contributed by atoms with Crippen LogP contribution in [0.1, 0.15) is 35.2 Å². The highest BCUT2D eigenvalue weighted by molar-refractivity contribution is 6.46. The maximum Gasteiger partial charge on any atom is 0.295 e. The lowest BCUT2D eigenvalue weighted by Crippen LogP contribution is -2.31. The van der Waals surface area contributed by atoms with Gasteiger partial charge in [-0.05, 0) is 61.7 Å². The van der Waals surface area contributed by atoms with Crippen molar-refractivity contribution in [3.63, 3.8) is 0 Å². The highest BCUT2D eigenvalue weighted by Gasteiger charge is 2.45. The van der Waals surface area contributed by atoms with E-state index in [0.29, 0.717) is 30.9 Å². The van der Waals surface area contributed by atoms with Crippen LogP contribution in [0.5, 0.6) is 5.75 Å². The van der Waals surface area contributed by atoms with Crippen LogP contribution in [0.25, 0.3) is 16.7 Å². The number of H-pyrrole nitrogens is 1. The Labute approximate surface area is 209 Å². The molecule has 1 saturated heterocycles. The number of amides is 1. The summed E-state index contributed by atoms with van der Waals surface area (Å²) in [5, 5.41) is 12.4. The topological polar surface area (TPSA) is 82.6 Å². The Balaban J connectivity index is 1.54. The van der Waals surface area contributed by atoms with Crippen molar-refractivity contribution in [2.24, 2.45) is 0 Å². The van der Waals surface area contributed by atoms with Crippen molar-refractivity contribution in [2.45, 2.75) is 26.3 Å². The average Bonchev–Trinajstić information content (AvgIpc) is 3.42. The number of hydrogen-bond acceptors (Lipinski definition) is 4. The van der Waals surface area contributed by atoms with Crippen LogP contribution in [0.4, 0.5) is 0 Å². The number of para-hydroxylation sites is 1. The number of fused-ring (bicyclic) bond motifs is 1. The first-order valence-electron chi connectivity index (χ1n) is 12.1. The van der Waals surface area contributed by atoms with Crippen LogP contribution in [0.3, 0.4) is 0 Å². The summed E-state index contributed by atoms with van der Waals surface area (Å²) in [4.78, 5) is 31.4. The fourth-order valence-corrected chi connectivity index (χ4v) is 4.82. The fraction of sp³-hybridized carbons (Fsp3) is 0.200. The van der Waals surface area contributed by atoms with Gasteiger partial charge < -0.3 is 19.7 Å². The smallest absolute Gasteiger partial charge is 0.295 e. The SMILES string of the molecule is CCOc1ccc(/C(O)=C2\C(=O)C(=O)N(CCc3c[nH]c4ccccc34)C2c2ccc(C)cc2)cc1. The van der Waals surface area contributed by atoms with E-state index in [-0.39, 0.29) is 11.3 Å². The summed E-state index contributed by atoms with van der Waals surface area (Å²) in [6.45, 7) is 4.75. The molecule has 3 aromatic carbocycles. The van der Waals surface area contributed by atoms with Crippen LogP contribution >= 0.6 is 0 Å². The molecule has 1 aliphatic heterocycles. The minimum Gasteiger partial charge on any atom is -0.507 e. The second-order valence-corrected chi connectivity index (χ2v) is 8.97. The molecular formula is C30H28N2O4. The van der Waals surface area contributed by atoms with Gasteiger partial charge in [0.1, 0.15) is 11.5 Å². The summed E-state index contributed by atoms with van der Waals surface area (Å²) >= 11 is 0. The van der Waals surface area contributed by atoms with Crippen molar-refractivity contribution in [1.29, 1.82) is 0 Å². The van der Waals surface area contributed by atoms with Gasteiger partial charge in [0, 0.05) is 29.2 Å². The zero-order chi connectivity index (χ0) is 25.2. The molecule has 0 aliphatic carbocycles. The normalized spacial score (nSPS) is 17.2. The molecule has 1 atom stereocenters.